The lowest BCUT2D eigenvalue weighted by atomic mass is 9.81. The number of aliphatic hydroxyl groups is 1. The van der Waals surface area contributed by atoms with Gasteiger partial charge in [0.05, 0.1) is 30.8 Å². The van der Waals surface area contributed by atoms with Crippen LogP contribution in [0, 0.1) is 11.8 Å². The molecule has 428 valence electrons. The number of unbranched alkanes of at least 4 members (excludes halogenated alkanes) is 1. The molecule has 0 radical (unpaired) electrons. The van der Waals surface area contributed by atoms with E-state index in [1.807, 2.05) is 36.9 Å². The second-order valence-corrected chi connectivity index (χ2v) is 20.9. The van der Waals surface area contributed by atoms with Crippen LogP contribution >= 0.6 is 0 Å². The van der Waals surface area contributed by atoms with E-state index in [4.69, 9.17) is 56.8 Å². The monoisotopic (exact) mass is 1070 g/mol. The molecular formula is C55H90N2O18. The van der Waals surface area contributed by atoms with Gasteiger partial charge in [0.25, 0.3) is 0 Å². The van der Waals surface area contributed by atoms with E-state index < -0.39 is 134 Å². The molecule has 3 aliphatic heterocycles. The summed E-state index contributed by atoms with van der Waals surface area (Å²) in [4.78, 5) is 70.1. The van der Waals surface area contributed by atoms with Crippen molar-refractivity contribution < 1.29 is 85.9 Å². The topological polar surface area (TPSA) is 223 Å². The van der Waals surface area contributed by atoms with Crippen molar-refractivity contribution in [1.82, 2.24) is 9.80 Å². The normalized spacial score (nSPS) is 33.7. The molecule has 1 aromatic rings. The van der Waals surface area contributed by atoms with E-state index >= 15 is 0 Å². The molecule has 4 rings (SSSR count). The predicted octanol–water partition coefficient (Wildman–Crippen LogP) is 5.54. The van der Waals surface area contributed by atoms with Crippen molar-refractivity contribution in [3.63, 3.8) is 0 Å². The van der Waals surface area contributed by atoms with Crippen molar-refractivity contribution in [3.05, 3.63) is 35.9 Å². The van der Waals surface area contributed by atoms with E-state index in [1.54, 1.807) is 48.7 Å². The second-order valence-electron chi connectivity index (χ2n) is 20.9. The van der Waals surface area contributed by atoms with Crippen molar-refractivity contribution in [3.8, 4) is 0 Å². The van der Waals surface area contributed by atoms with Crippen molar-refractivity contribution >= 4 is 29.8 Å². The van der Waals surface area contributed by atoms with Crippen LogP contribution in [0.5, 0.6) is 0 Å². The third kappa shape index (κ3) is 19.5. The molecule has 3 saturated heterocycles. The number of carbonyl (C=O) groups is 5. The quantitative estimate of drug-likeness (QED) is 0.0691. The fraction of sp³-hybridized carbons (Fsp3) is 0.800. The summed E-state index contributed by atoms with van der Waals surface area (Å²) in [7, 11) is 8.01. The maximum Gasteiger partial charge on any atom is 0.309 e. The molecular weight excluding hydrogens is 977 g/mol. The lowest BCUT2D eigenvalue weighted by molar-refractivity contribution is -0.345. The van der Waals surface area contributed by atoms with Gasteiger partial charge in [0.2, 0.25) is 0 Å². The van der Waals surface area contributed by atoms with Crippen LogP contribution < -0.4 is 0 Å². The van der Waals surface area contributed by atoms with Gasteiger partial charge in [-0.3, -0.25) is 28.9 Å². The van der Waals surface area contributed by atoms with Gasteiger partial charge in [0.1, 0.15) is 36.1 Å². The smallest absolute Gasteiger partial charge is 0.309 e. The van der Waals surface area contributed by atoms with Gasteiger partial charge < -0.3 is 66.8 Å². The molecule has 0 spiro atoms. The SMILES string of the molecule is CCC(=O)OC1C(C)OC(OC2C(C)OC(O[C@@H]3C(OC)[C@H](OC(=O)CC)CC(=O)O[C@H](C)CCN(CCCCc4ccccc4)C[C@H](OC(C)=O)[C@H](C)C[C@@H]3CC(OC)OC)C(OC(C)=O)C2N(C)C)CC1(C)O. The molecule has 0 saturated carbocycles. The number of rotatable bonds is 21. The minimum Gasteiger partial charge on any atom is -0.463 e. The van der Waals surface area contributed by atoms with Crippen LogP contribution in [-0.2, 0) is 87.2 Å². The minimum atomic E-state index is -1.54. The average molecular weight is 1070 g/mol. The Bertz CT molecular complexity index is 1900. The van der Waals surface area contributed by atoms with Gasteiger partial charge in [0.15, 0.2) is 31.1 Å². The molecule has 20 heteroatoms. The molecule has 10 unspecified atom stereocenters. The summed E-state index contributed by atoms with van der Waals surface area (Å²) >= 11 is 0. The fourth-order valence-electron chi connectivity index (χ4n) is 10.6. The van der Waals surface area contributed by atoms with Crippen LogP contribution in [0.2, 0.25) is 0 Å². The number of nitrogens with zero attached hydrogens (tertiary/aromatic N) is 2. The van der Waals surface area contributed by atoms with Crippen molar-refractivity contribution in [2.75, 3.05) is 55.1 Å². The van der Waals surface area contributed by atoms with Crippen LogP contribution in [0.1, 0.15) is 126 Å². The Kier molecular flexibility index (Phi) is 26.3. The Balaban J connectivity index is 1.83. The fourth-order valence-corrected chi connectivity index (χ4v) is 10.6. The van der Waals surface area contributed by atoms with Crippen LogP contribution in [0.25, 0.3) is 0 Å². The molecule has 20 nitrogen and oxygen atoms in total. The van der Waals surface area contributed by atoms with E-state index in [9.17, 15) is 29.1 Å². The van der Waals surface area contributed by atoms with Gasteiger partial charge in [-0.15, -0.1) is 0 Å². The number of esters is 5. The van der Waals surface area contributed by atoms with Crippen LogP contribution in [0.15, 0.2) is 30.3 Å². The summed E-state index contributed by atoms with van der Waals surface area (Å²) in [6, 6.07) is 9.50. The van der Waals surface area contributed by atoms with Gasteiger partial charge in [-0.05, 0) is 97.8 Å². The molecule has 0 bridgehead atoms. The highest BCUT2D eigenvalue weighted by atomic mass is 16.7. The minimum absolute atomic E-state index is 0.0157. The number of hydrogen-bond acceptors (Lipinski definition) is 20. The number of hydrogen-bond donors (Lipinski definition) is 1. The summed E-state index contributed by atoms with van der Waals surface area (Å²) in [5.74, 6) is -3.84. The zero-order valence-corrected chi connectivity index (χ0v) is 47.1. The molecule has 3 aliphatic rings. The Labute approximate surface area is 445 Å². The molecule has 1 aromatic carbocycles. The van der Waals surface area contributed by atoms with Gasteiger partial charge in [-0.2, -0.15) is 0 Å². The predicted molar refractivity (Wildman–Crippen MR) is 274 cm³/mol. The number of benzene rings is 1. The van der Waals surface area contributed by atoms with Crippen LogP contribution in [0.4, 0.5) is 0 Å². The summed E-state index contributed by atoms with van der Waals surface area (Å²) in [5, 5.41) is 11.6. The van der Waals surface area contributed by atoms with Gasteiger partial charge >= 0.3 is 29.8 Å². The number of carbonyl (C=O) groups excluding carboxylic acids is 5. The van der Waals surface area contributed by atoms with Gasteiger partial charge in [-0.25, -0.2) is 0 Å². The highest BCUT2D eigenvalue weighted by Crippen LogP contribution is 2.39. The number of likely N-dealkylation sites (N-methyl/N-ethyl adjacent to an activating group) is 1. The molecule has 0 aromatic heterocycles. The van der Waals surface area contributed by atoms with Crippen LogP contribution in [-0.4, -0.2) is 191 Å². The van der Waals surface area contributed by atoms with E-state index in [0.717, 1.165) is 19.3 Å². The number of cyclic esters (lactones) is 1. The lowest BCUT2D eigenvalue weighted by Crippen LogP contribution is -2.66. The molecule has 1 N–H and O–H groups in total. The first-order chi connectivity index (χ1) is 35.5. The summed E-state index contributed by atoms with van der Waals surface area (Å²) < 4.78 is 75.0. The molecule has 0 aliphatic carbocycles. The summed E-state index contributed by atoms with van der Waals surface area (Å²) in [5.41, 5.74) is -0.289. The highest BCUT2D eigenvalue weighted by molar-refractivity contribution is 5.73. The Morgan fingerprint density at radius 2 is 1.47 bits per heavy atom. The Morgan fingerprint density at radius 1 is 0.813 bits per heavy atom. The first-order valence-corrected chi connectivity index (χ1v) is 26.8. The molecule has 0 amide bonds. The third-order valence-corrected chi connectivity index (χ3v) is 14.5. The Morgan fingerprint density at radius 3 is 2.05 bits per heavy atom. The second kappa shape index (κ2) is 30.9. The maximum atomic E-state index is 14.1. The first-order valence-electron chi connectivity index (χ1n) is 26.8. The number of methoxy groups -OCH3 is 3. The molecule has 3 fully saturated rings. The summed E-state index contributed by atoms with van der Waals surface area (Å²) in [6.07, 6.45) is -9.36. The number of ether oxygens (including phenoxy) is 12. The Hall–Kier alpha value is -3.83. The van der Waals surface area contributed by atoms with Crippen LogP contribution in [0.3, 0.4) is 0 Å². The molecule has 75 heavy (non-hydrogen) atoms. The van der Waals surface area contributed by atoms with E-state index in [1.165, 1.54) is 40.7 Å². The van der Waals surface area contributed by atoms with Crippen molar-refractivity contribution in [2.45, 2.75) is 218 Å². The number of aryl methyl sites for hydroxylation is 1. The standard InChI is InChI=1S/C55H90N2O18/c1-15-43(60)72-41-30-45(62)67-34(4)25-27-57(26-21-20-24-39-22-18-17-19-23-39)32-42(70-37(7)58)33(3)28-40(29-46(64-12)65-13)50(51(41)66-14)75-54-52(71-38(8)59)48(56(10)11)49(35(5)69-54)74-47-31-55(9,63)53(36(6)68-47)73-44(61)16-2/h17-19,22-23,33-36,40-42,46-54,63H,15-16,20-21,24-32H2,1-14H3/t33-,34-,35?,36?,40-,41-,42+,47?,48?,49?,50+,51?,52?,53?,54?,55?/m1/s1. The van der Waals surface area contributed by atoms with E-state index in [2.05, 4.69) is 17.0 Å². The van der Waals surface area contributed by atoms with Gasteiger partial charge in [0, 0.05) is 73.9 Å². The third-order valence-electron chi connectivity index (χ3n) is 14.5. The zero-order valence-electron chi connectivity index (χ0n) is 47.1. The largest absolute Gasteiger partial charge is 0.463 e. The zero-order chi connectivity index (χ0) is 55.6. The summed E-state index contributed by atoms with van der Waals surface area (Å²) in [6.45, 7) is 16.4. The lowest BCUT2D eigenvalue weighted by Gasteiger charge is -2.51. The first kappa shape index (κ1) is 63.7. The molecule has 3 heterocycles. The van der Waals surface area contributed by atoms with Crippen molar-refractivity contribution in [1.29, 1.82) is 0 Å². The van der Waals surface area contributed by atoms with Gasteiger partial charge in [-0.1, -0.05) is 51.1 Å². The highest BCUT2D eigenvalue weighted by Gasteiger charge is 2.54. The van der Waals surface area contributed by atoms with E-state index in [-0.39, 0.29) is 38.0 Å². The van der Waals surface area contributed by atoms with Crippen molar-refractivity contribution in [2.24, 2.45) is 11.8 Å². The molecule has 16 atom stereocenters. The average Bonchev–Trinajstić information content (AvgIpc) is 3.34. The maximum absolute atomic E-state index is 14.1. The van der Waals surface area contributed by atoms with E-state index in [0.29, 0.717) is 26.1 Å².